The Balaban J connectivity index is 2.71. The molecule has 0 fully saturated rings. The number of nitrogens with one attached hydrogen (secondary N) is 1. The lowest BCUT2D eigenvalue weighted by Crippen LogP contribution is -2.50. The van der Waals surface area contributed by atoms with Crippen LogP contribution in [0.5, 0.6) is 5.75 Å². The zero-order chi connectivity index (χ0) is 13.6. The minimum Gasteiger partial charge on any atom is -0.493 e. The molecular formula is C13H25N3O2. The molecular weight excluding hydrogens is 230 g/mol. The summed E-state index contributed by atoms with van der Waals surface area (Å²) >= 11 is 0. The van der Waals surface area contributed by atoms with Crippen LogP contribution >= 0.6 is 0 Å². The van der Waals surface area contributed by atoms with Gasteiger partial charge < -0.3 is 14.8 Å². The van der Waals surface area contributed by atoms with Crippen molar-refractivity contribution in [2.75, 3.05) is 20.8 Å². The molecule has 0 bridgehead atoms. The van der Waals surface area contributed by atoms with Crippen LogP contribution in [0.3, 0.4) is 0 Å². The number of hydrogen-bond donors (Lipinski definition) is 1. The Hall–Kier alpha value is -1.07. The first-order chi connectivity index (χ1) is 8.53. The molecule has 18 heavy (non-hydrogen) atoms. The zero-order valence-electron chi connectivity index (χ0n) is 12.1. The number of ether oxygens (including phenoxy) is 2. The number of rotatable bonds is 8. The third-order valence-corrected chi connectivity index (χ3v) is 3.22. The van der Waals surface area contributed by atoms with Gasteiger partial charge in [0.2, 0.25) is 0 Å². The summed E-state index contributed by atoms with van der Waals surface area (Å²) in [6.07, 6.45) is 4.71. The van der Waals surface area contributed by atoms with Crippen LogP contribution < -0.4 is 10.1 Å². The molecule has 0 aliphatic heterocycles. The number of methoxy groups -OCH3 is 2. The van der Waals surface area contributed by atoms with Crippen LogP contribution in [0.25, 0.3) is 0 Å². The number of hydrogen-bond acceptors (Lipinski definition) is 4. The van der Waals surface area contributed by atoms with Crippen molar-refractivity contribution in [2.45, 2.75) is 45.4 Å². The fraction of sp³-hybridized carbons (Fsp3) is 0.769. The molecule has 0 saturated carbocycles. The summed E-state index contributed by atoms with van der Waals surface area (Å²) in [4.78, 5) is 0. The molecule has 0 spiro atoms. The molecule has 1 N–H and O–H groups in total. The summed E-state index contributed by atoms with van der Waals surface area (Å²) < 4.78 is 12.6. The van der Waals surface area contributed by atoms with Crippen molar-refractivity contribution in [3.05, 3.63) is 12.4 Å². The summed E-state index contributed by atoms with van der Waals surface area (Å²) in [5.74, 6) is 0.777. The fourth-order valence-corrected chi connectivity index (χ4v) is 1.73. The summed E-state index contributed by atoms with van der Waals surface area (Å²) in [5, 5.41) is 7.79. The quantitative estimate of drug-likeness (QED) is 0.768. The maximum absolute atomic E-state index is 5.57. The van der Waals surface area contributed by atoms with E-state index < -0.39 is 0 Å². The van der Waals surface area contributed by atoms with Crippen molar-refractivity contribution in [3.63, 3.8) is 0 Å². The summed E-state index contributed by atoms with van der Waals surface area (Å²) in [6, 6.07) is 0.201. The van der Waals surface area contributed by atoms with Gasteiger partial charge in [0, 0.05) is 7.11 Å². The molecule has 1 aromatic rings. The first-order valence-electron chi connectivity index (χ1n) is 6.38. The highest BCUT2D eigenvalue weighted by Crippen LogP contribution is 2.16. The Morgan fingerprint density at radius 1 is 1.44 bits per heavy atom. The van der Waals surface area contributed by atoms with E-state index in [1.54, 1.807) is 20.4 Å². The molecule has 1 rings (SSSR count). The Bertz CT molecular complexity index is 350. The largest absolute Gasteiger partial charge is 0.493 e. The minimum atomic E-state index is -0.242. The van der Waals surface area contributed by atoms with Crippen LogP contribution in [0.1, 0.15) is 27.2 Å². The standard InChI is InChI=1S/C13H25N3O2/c1-6-7-14-12(13(2,3)18-5)10-16-9-11(17-4)8-15-16/h8-9,12,14H,6-7,10H2,1-5H3. The molecule has 0 amide bonds. The molecule has 5 heteroatoms. The Morgan fingerprint density at radius 2 is 2.17 bits per heavy atom. The second kappa shape index (κ2) is 6.75. The highest BCUT2D eigenvalue weighted by Gasteiger charge is 2.29. The van der Waals surface area contributed by atoms with Gasteiger partial charge in [0.05, 0.1) is 37.7 Å². The van der Waals surface area contributed by atoms with Crippen molar-refractivity contribution in [2.24, 2.45) is 0 Å². The topological polar surface area (TPSA) is 48.3 Å². The van der Waals surface area contributed by atoms with Crippen LogP contribution in [0.4, 0.5) is 0 Å². The minimum absolute atomic E-state index is 0.201. The molecule has 1 atom stereocenters. The van der Waals surface area contributed by atoms with E-state index >= 15 is 0 Å². The lowest BCUT2D eigenvalue weighted by molar-refractivity contribution is -0.0157. The van der Waals surface area contributed by atoms with Crippen molar-refractivity contribution in [1.82, 2.24) is 15.1 Å². The van der Waals surface area contributed by atoms with Crippen molar-refractivity contribution in [3.8, 4) is 5.75 Å². The Kier molecular flexibility index (Phi) is 5.62. The zero-order valence-corrected chi connectivity index (χ0v) is 12.1. The van der Waals surface area contributed by atoms with E-state index in [9.17, 15) is 0 Å². The normalized spacial score (nSPS) is 13.6. The lowest BCUT2D eigenvalue weighted by Gasteiger charge is -2.33. The predicted molar refractivity (Wildman–Crippen MR) is 71.9 cm³/mol. The third kappa shape index (κ3) is 3.99. The maximum atomic E-state index is 5.57. The van der Waals surface area contributed by atoms with E-state index in [4.69, 9.17) is 9.47 Å². The highest BCUT2D eigenvalue weighted by molar-refractivity contribution is 5.11. The number of nitrogens with zero attached hydrogens (tertiary/aromatic N) is 2. The first kappa shape index (κ1) is 15.0. The lowest BCUT2D eigenvalue weighted by atomic mass is 9.98. The van der Waals surface area contributed by atoms with E-state index in [1.165, 1.54) is 0 Å². The fourth-order valence-electron chi connectivity index (χ4n) is 1.73. The van der Waals surface area contributed by atoms with Gasteiger partial charge in [-0.1, -0.05) is 6.92 Å². The smallest absolute Gasteiger partial charge is 0.156 e. The second-order valence-corrected chi connectivity index (χ2v) is 4.92. The Labute approximate surface area is 109 Å². The molecule has 0 aliphatic carbocycles. The van der Waals surface area contributed by atoms with Gasteiger partial charge >= 0.3 is 0 Å². The SMILES string of the molecule is CCCNC(Cn1cc(OC)cn1)C(C)(C)OC. The van der Waals surface area contributed by atoms with Crippen LogP contribution in [-0.2, 0) is 11.3 Å². The van der Waals surface area contributed by atoms with Crippen molar-refractivity contribution in [1.29, 1.82) is 0 Å². The molecule has 1 heterocycles. The molecule has 0 aliphatic rings. The maximum Gasteiger partial charge on any atom is 0.156 e. The van der Waals surface area contributed by atoms with E-state index in [0.717, 1.165) is 25.3 Å². The first-order valence-corrected chi connectivity index (χ1v) is 6.38. The molecule has 0 saturated heterocycles. The highest BCUT2D eigenvalue weighted by atomic mass is 16.5. The van der Waals surface area contributed by atoms with E-state index in [1.807, 2.05) is 10.9 Å². The van der Waals surface area contributed by atoms with Crippen molar-refractivity contribution >= 4 is 0 Å². The molecule has 1 unspecified atom stereocenters. The van der Waals surface area contributed by atoms with Gasteiger partial charge in [-0.3, -0.25) is 4.68 Å². The van der Waals surface area contributed by atoms with Gasteiger partial charge in [-0.25, -0.2) is 0 Å². The van der Waals surface area contributed by atoms with E-state index in [2.05, 4.69) is 31.2 Å². The van der Waals surface area contributed by atoms with Crippen LogP contribution in [0.15, 0.2) is 12.4 Å². The van der Waals surface area contributed by atoms with Gasteiger partial charge in [-0.15, -0.1) is 0 Å². The van der Waals surface area contributed by atoms with Crippen molar-refractivity contribution < 1.29 is 9.47 Å². The monoisotopic (exact) mass is 255 g/mol. The van der Waals surface area contributed by atoms with Gasteiger partial charge in [-0.2, -0.15) is 5.10 Å². The summed E-state index contributed by atoms with van der Waals surface area (Å²) in [6.45, 7) is 8.04. The number of aromatic nitrogens is 2. The summed E-state index contributed by atoms with van der Waals surface area (Å²) in [5.41, 5.74) is -0.242. The van der Waals surface area contributed by atoms with Crippen LogP contribution in [-0.4, -0.2) is 42.2 Å². The van der Waals surface area contributed by atoms with Gasteiger partial charge in [0.1, 0.15) is 0 Å². The Morgan fingerprint density at radius 3 is 2.67 bits per heavy atom. The second-order valence-electron chi connectivity index (χ2n) is 4.92. The summed E-state index contributed by atoms with van der Waals surface area (Å²) in [7, 11) is 3.39. The van der Waals surface area contributed by atoms with Crippen LogP contribution in [0, 0.1) is 0 Å². The average molecular weight is 255 g/mol. The molecule has 0 radical (unpaired) electrons. The van der Waals surface area contributed by atoms with Gasteiger partial charge in [0.25, 0.3) is 0 Å². The molecule has 5 nitrogen and oxygen atoms in total. The third-order valence-electron chi connectivity index (χ3n) is 3.22. The van der Waals surface area contributed by atoms with E-state index in [0.29, 0.717) is 0 Å². The predicted octanol–water partition coefficient (Wildman–Crippen LogP) is 1.68. The van der Waals surface area contributed by atoms with E-state index in [-0.39, 0.29) is 11.6 Å². The van der Waals surface area contributed by atoms with Gasteiger partial charge in [0.15, 0.2) is 5.75 Å². The van der Waals surface area contributed by atoms with Crippen LogP contribution in [0.2, 0.25) is 0 Å². The average Bonchev–Trinajstić information content (AvgIpc) is 2.82. The molecule has 1 aromatic heterocycles. The van der Waals surface area contributed by atoms with Gasteiger partial charge in [-0.05, 0) is 26.8 Å². The molecule has 0 aromatic carbocycles. The molecule has 104 valence electrons.